The predicted octanol–water partition coefficient (Wildman–Crippen LogP) is 1.61. The predicted molar refractivity (Wildman–Crippen MR) is 79.7 cm³/mol. The minimum atomic E-state index is -4.03. The smallest absolute Gasteiger partial charge is 0.269 e. The summed E-state index contributed by atoms with van der Waals surface area (Å²) in [6.45, 7) is -0.646. The molecule has 0 aliphatic carbocycles. The highest BCUT2D eigenvalue weighted by molar-refractivity contribution is 7.90. The van der Waals surface area contributed by atoms with Crippen LogP contribution in [0.25, 0.3) is 0 Å². The lowest BCUT2D eigenvalue weighted by Crippen LogP contribution is -2.37. The van der Waals surface area contributed by atoms with E-state index >= 15 is 0 Å². The van der Waals surface area contributed by atoms with Crippen molar-refractivity contribution < 1.29 is 22.4 Å². The molecule has 2 aromatic carbocycles. The van der Waals surface area contributed by atoms with Gasteiger partial charge in [-0.3, -0.25) is 9.59 Å². The molecule has 8 heteroatoms. The number of rotatable bonds is 3. The van der Waals surface area contributed by atoms with Gasteiger partial charge in [0.15, 0.2) is 0 Å². The summed E-state index contributed by atoms with van der Waals surface area (Å²) in [6, 6.07) is 10.8. The van der Waals surface area contributed by atoms with E-state index in [-0.39, 0.29) is 10.5 Å². The van der Waals surface area contributed by atoms with Crippen LogP contribution in [-0.4, -0.2) is 31.1 Å². The van der Waals surface area contributed by atoms with Crippen molar-refractivity contribution in [1.82, 2.24) is 4.31 Å². The lowest BCUT2D eigenvalue weighted by molar-refractivity contribution is -0.116. The van der Waals surface area contributed by atoms with Crippen molar-refractivity contribution in [3.05, 3.63) is 59.9 Å². The normalized spacial score (nSPS) is 15.3. The van der Waals surface area contributed by atoms with E-state index in [1.807, 2.05) is 0 Å². The molecular formula is C15H11FN2O4S. The van der Waals surface area contributed by atoms with Crippen LogP contribution < -0.4 is 5.32 Å². The first kappa shape index (κ1) is 15.2. The molecule has 1 aliphatic heterocycles. The Labute approximate surface area is 131 Å². The van der Waals surface area contributed by atoms with E-state index in [1.54, 1.807) is 6.07 Å². The maximum atomic E-state index is 12.8. The molecule has 2 aromatic rings. The SMILES string of the molecule is O=C(CN1C(=O)c2ccccc2S1(=O)=O)Nc1ccc(F)cc1. The number of sulfonamides is 1. The summed E-state index contributed by atoms with van der Waals surface area (Å²) >= 11 is 0. The molecule has 1 N–H and O–H groups in total. The lowest BCUT2D eigenvalue weighted by atomic mass is 10.2. The Morgan fingerprint density at radius 1 is 1.09 bits per heavy atom. The van der Waals surface area contributed by atoms with Gasteiger partial charge < -0.3 is 5.32 Å². The first-order chi connectivity index (χ1) is 10.9. The third kappa shape index (κ3) is 2.68. The van der Waals surface area contributed by atoms with Crippen molar-refractivity contribution in [2.45, 2.75) is 4.90 Å². The molecule has 0 atom stereocenters. The maximum absolute atomic E-state index is 12.8. The third-order valence-corrected chi connectivity index (χ3v) is 5.11. The molecule has 0 aromatic heterocycles. The average Bonchev–Trinajstić information content (AvgIpc) is 2.71. The zero-order chi connectivity index (χ0) is 16.6. The van der Waals surface area contributed by atoms with E-state index < -0.39 is 34.2 Å². The molecule has 6 nitrogen and oxygen atoms in total. The number of benzene rings is 2. The van der Waals surface area contributed by atoms with Gasteiger partial charge in [-0.1, -0.05) is 12.1 Å². The fourth-order valence-electron chi connectivity index (χ4n) is 2.25. The Balaban J connectivity index is 1.80. The monoisotopic (exact) mass is 334 g/mol. The summed E-state index contributed by atoms with van der Waals surface area (Å²) in [5.41, 5.74) is 0.347. The van der Waals surface area contributed by atoms with Crippen LogP contribution >= 0.6 is 0 Å². The number of nitrogens with one attached hydrogen (secondary N) is 1. The van der Waals surface area contributed by atoms with Gasteiger partial charge in [-0.05, 0) is 36.4 Å². The van der Waals surface area contributed by atoms with E-state index in [9.17, 15) is 22.4 Å². The minimum Gasteiger partial charge on any atom is -0.325 e. The molecular weight excluding hydrogens is 323 g/mol. The van der Waals surface area contributed by atoms with Gasteiger partial charge in [0.2, 0.25) is 5.91 Å². The van der Waals surface area contributed by atoms with Gasteiger partial charge in [-0.15, -0.1) is 0 Å². The van der Waals surface area contributed by atoms with Crippen molar-refractivity contribution in [2.75, 3.05) is 11.9 Å². The van der Waals surface area contributed by atoms with Gasteiger partial charge in [0, 0.05) is 5.69 Å². The van der Waals surface area contributed by atoms with Crippen LogP contribution in [0, 0.1) is 5.82 Å². The van der Waals surface area contributed by atoms with Gasteiger partial charge in [0.25, 0.3) is 15.9 Å². The molecule has 118 valence electrons. The van der Waals surface area contributed by atoms with Crippen LogP contribution in [0.3, 0.4) is 0 Å². The highest BCUT2D eigenvalue weighted by Crippen LogP contribution is 2.29. The summed E-state index contributed by atoms with van der Waals surface area (Å²) < 4.78 is 37.9. The quantitative estimate of drug-likeness (QED) is 0.924. The second-order valence-corrected chi connectivity index (χ2v) is 6.70. The number of nitrogens with zero attached hydrogens (tertiary/aromatic N) is 1. The zero-order valence-corrected chi connectivity index (χ0v) is 12.5. The molecule has 0 fully saturated rings. The van der Waals surface area contributed by atoms with Crippen molar-refractivity contribution in [3.8, 4) is 0 Å². The van der Waals surface area contributed by atoms with E-state index in [2.05, 4.69) is 5.32 Å². The fourth-order valence-corrected chi connectivity index (χ4v) is 3.78. The van der Waals surface area contributed by atoms with Gasteiger partial charge in [-0.25, -0.2) is 17.1 Å². The number of hydrogen-bond donors (Lipinski definition) is 1. The topological polar surface area (TPSA) is 83.6 Å². The number of fused-ring (bicyclic) bond motifs is 1. The number of carbonyl (C=O) groups excluding carboxylic acids is 2. The van der Waals surface area contributed by atoms with E-state index in [4.69, 9.17) is 0 Å². The third-order valence-electron chi connectivity index (χ3n) is 3.33. The zero-order valence-electron chi connectivity index (χ0n) is 11.7. The lowest BCUT2D eigenvalue weighted by Gasteiger charge is -2.14. The number of halogens is 1. The van der Waals surface area contributed by atoms with Crippen molar-refractivity contribution in [1.29, 1.82) is 0 Å². The second kappa shape index (κ2) is 5.47. The van der Waals surface area contributed by atoms with Gasteiger partial charge >= 0.3 is 0 Å². The molecule has 0 spiro atoms. The van der Waals surface area contributed by atoms with Crippen molar-refractivity contribution >= 4 is 27.5 Å². The highest BCUT2D eigenvalue weighted by atomic mass is 32.2. The highest BCUT2D eigenvalue weighted by Gasteiger charge is 2.41. The van der Waals surface area contributed by atoms with Gasteiger partial charge in [0.05, 0.1) is 5.56 Å². The molecule has 1 aliphatic rings. The van der Waals surface area contributed by atoms with Crippen LogP contribution in [0.4, 0.5) is 10.1 Å². The largest absolute Gasteiger partial charge is 0.325 e. The average molecular weight is 334 g/mol. The minimum absolute atomic E-state index is 0.0436. The first-order valence-electron chi connectivity index (χ1n) is 6.61. The standard InChI is InChI=1S/C15H11FN2O4S/c16-10-5-7-11(8-6-10)17-14(19)9-18-15(20)12-3-1-2-4-13(12)23(18,21)22/h1-8H,9H2,(H,17,19). The van der Waals surface area contributed by atoms with E-state index in [0.717, 1.165) is 12.1 Å². The number of anilines is 1. The van der Waals surface area contributed by atoms with Crippen molar-refractivity contribution in [2.24, 2.45) is 0 Å². The summed E-state index contributed by atoms with van der Waals surface area (Å²) in [7, 11) is -4.03. The van der Waals surface area contributed by atoms with Crippen LogP contribution in [0.1, 0.15) is 10.4 Å². The molecule has 3 rings (SSSR count). The van der Waals surface area contributed by atoms with Crippen LogP contribution in [0.15, 0.2) is 53.4 Å². The molecule has 0 radical (unpaired) electrons. The van der Waals surface area contributed by atoms with Gasteiger partial charge in [-0.2, -0.15) is 0 Å². The van der Waals surface area contributed by atoms with E-state index in [1.165, 1.54) is 30.3 Å². The Morgan fingerprint density at radius 2 is 1.74 bits per heavy atom. The number of amides is 2. The molecule has 0 unspecified atom stereocenters. The molecule has 23 heavy (non-hydrogen) atoms. The summed E-state index contributed by atoms with van der Waals surface area (Å²) in [5.74, 6) is -1.90. The van der Waals surface area contributed by atoms with Crippen molar-refractivity contribution in [3.63, 3.8) is 0 Å². The molecule has 1 heterocycles. The summed E-state index contributed by atoms with van der Waals surface area (Å²) in [6.07, 6.45) is 0. The van der Waals surface area contributed by atoms with Crippen LogP contribution in [0.5, 0.6) is 0 Å². The fraction of sp³-hybridized carbons (Fsp3) is 0.0667. The molecule has 0 bridgehead atoms. The van der Waals surface area contributed by atoms with Gasteiger partial charge in [0.1, 0.15) is 17.3 Å². The Morgan fingerprint density at radius 3 is 2.39 bits per heavy atom. The Bertz CT molecular complexity index is 894. The maximum Gasteiger partial charge on any atom is 0.269 e. The Hall–Kier alpha value is -2.74. The van der Waals surface area contributed by atoms with E-state index in [0.29, 0.717) is 9.99 Å². The molecule has 0 saturated carbocycles. The molecule has 2 amide bonds. The Kier molecular flexibility index (Phi) is 3.61. The summed E-state index contributed by atoms with van der Waals surface area (Å²) in [5, 5.41) is 2.42. The number of hydrogen-bond acceptors (Lipinski definition) is 4. The molecule has 0 saturated heterocycles. The van der Waals surface area contributed by atoms with Crippen LogP contribution in [-0.2, 0) is 14.8 Å². The summed E-state index contributed by atoms with van der Waals surface area (Å²) in [4.78, 5) is 24.0. The number of carbonyl (C=O) groups is 2. The first-order valence-corrected chi connectivity index (χ1v) is 8.05. The second-order valence-electron chi connectivity index (χ2n) is 4.87. The van der Waals surface area contributed by atoms with Crippen LogP contribution in [0.2, 0.25) is 0 Å².